The maximum absolute atomic E-state index is 6.25. The van der Waals surface area contributed by atoms with Gasteiger partial charge in [-0.3, -0.25) is 0 Å². The van der Waals surface area contributed by atoms with Gasteiger partial charge in [0.1, 0.15) is 5.75 Å². The van der Waals surface area contributed by atoms with Crippen molar-refractivity contribution in [2.24, 2.45) is 5.92 Å². The zero-order chi connectivity index (χ0) is 13.4. The second-order valence-electron chi connectivity index (χ2n) is 5.49. The molecule has 2 aliphatic rings. The Morgan fingerprint density at radius 1 is 1.42 bits per heavy atom. The minimum atomic E-state index is 0.246. The Kier molecular flexibility index (Phi) is 3.70. The van der Waals surface area contributed by atoms with E-state index in [1.165, 1.54) is 11.1 Å². The van der Waals surface area contributed by atoms with Gasteiger partial charge >= 0.3 is 0 Å². The van der Waals surface area contributed by atoms with E-state index in [0.717, 1.165) is 36.8 Å². The Balaban J connectivity index is 1.95. The molecule has 1 saturated heterocycles. The zero-order valence-electron chi connectivity index (χ0n) is 11.4. The van der Waals surface area contributed by atoms with Gasteiger partial charge in [-0.25, -0.2) is 0 Å². The highest BCUT2D eigenvalue weighted by Crippen LogP contribution is 2.41. The van der Waals surface area contributed by atoms with Crippen LogP contribution in [0.4, 0.5) is 0 Å². The molecule has 2 heterocycles. The van der Waals surface area contributed by atoms with Crippen LogP contribution in [0, 0.1) is 5.92 Å². The van der Waals surface area contributed by atoms with Crippen LogP contribution in [-0.2, 0) is 11.2 Å². The summed E-state index contributed by atoms with van der Waals surface area (Å²) in [5.74, 6) is 1.51. The highest BCUT2D eigenvalue weighted by atomic mass is 35.5. The highest BCUT2D eigenvalue weighted by molar-refractivity contribution is 6.30. The van der Waals surface area contributed by atoms with Crippen molar-refractivity contribution in [3.63, 3.8) is 0 Å². The molecule has 3 rings (SSSR count). The minimum absolute atomic E-state index is 0.246. The van der Waals surface area contributed by atoms with Crippen LogP contribution in [0.2, 0.25) is 5.02 Å². The van der Waals surface area contributed by atoms with Crippen LogP contribution < -0.4 is 10.1 Å². The number of benzene rings is 1. The fourth-order valence-electron chi connectivity index (χ4n) is 3.26. The van der Waals surface area contributed by atoms with Crippen molar-refractivity contribution >= 4 is 11.6 Å². The maximum atomic E-state index is 6.25. The first-order valence-corrected chi connectivity index (χ1v) is 7.31. The zero-order valence-corrected chi connectivity index (χ0v) is 12.2. The molecular weight excluding hydrogens is 262 g/mol. The Bertz CT molecular complexity index is 477. The van der Waals surface area contributed by atoms with E-state index >= 15 is 0 Å². The Morgan fingerprint density at radius 3 is 2.95 bits per heavy atom. The SMILES string of the molecule is CNC(c1cc(Cl)cc2c1OCC2)C1COC(C)C1. The molecule has 104 valence electrons. The number of halogens is 1. The number of hydrogen-bond donors (Lipinski definition) is 1. The van der Waals surface area contributed by atoms with Crippen LogP contribution in [0.15, 0.2) is 12.1 Å². The number of hydrogen-bond acceptors (Lipinski definition) is 3. The van der Waals surface area contributed by atoms with Gasteiger partial charge in [-0.05, 0) is 38.1 Å². The van der Waals surface area contributed by atoms with Gasteiger partial charge in [0, 0.05) is 29.0 Å². The molecule has 0 spiro atoms. The van der Waals surface area contributed by atoms with Crippen LogP contribution in [0.5, 0.6) is 5.75 Å². The quantitative estimate of drug-likeness (QED) is 0.924. The second-order valence-corrected chi connectivity index (χ2v) is 5.92. The number of rotatable bonds is 3. The van der Waals surface area contributed by atoms with Gasteiger partial charge in [0.2, 0.25) is 0 Å². The molecule has 1 N–H and O–H groups in total. The summed E-state index contributed by atoms with van der Waals surface area (Å²) >= 11 is 6.25. The summed E-state index contributed by atoms with van der Waals surface area (Å²) in [5.41, 5.74) is 2.42. The molecule has 0 radical (unpaired) electrons. The molecule has 0 bridgehead atoms. The molecule has 0 aromatic heterocycles. The molecule has 19 heavy (non-hydrogen) atoms. The third-order valence-corrected chi connectivity index (χ3v) is 4.34. The topological polar surface area (TPSA) is 30.5 Å². The smallest absolute Gasteiger partial charge is 0.127 e. The summed E-state index contributed by atoms with van der Waals surface area (Å²) in [6, 6.07) is 4.31. The summed E-state index contributed by atoms with van der Waals surface area (Å²) in [7, 11) is 2.00. The van der Waals surface area contributed by atoms with E-state index in [0.29, 0.717) is 12.0 Å². The third-order valence-electron chi connectivity index (χ3n) is 4.12. The summed E-state index contributed by atoms with van der Waals surface area (Å²) in [4.78, 5) is 0. The molecule has 3 unspecified atom stereocenters. The second kappa shape index (κ2) is 5.31. The summed E-state index contributed by atoms with van der Waals surface area (Å²) in [5, 5.41) is 4.22. The van der Waals surface area contributed by atoms with Gasteiger partial charge in [-0.1, -0.05) is 11.6 Å². The van der Waals surface area contributed by atoms with Gasteiger partial charge in [-0.15, -0.1) is 0 Å². The Hall–Kier alpha value is -0.770. The summed E-state index contributed by atoms with van der Waals surface area (Å²) in [6.45, 7) is 3.69. The van der Waals surface area contributed by atoms with Crippen molar-refractivity contribution in [3.8, 4) is 5.75 Å². The number of fused-ring (bicyclic) bond motifs is 1. The Labute approximate surface area is 119 Å². The minimum Gasteiger partial charge on any atom is -0.493 e. The highest BCUT2D eigenvalue weighted by Gasteiger charge is 2.33. The van der Waals surface area contributed by atoms with Crippen molar-refractivity contribution in [1.29, 1.82) is 0 Å². The lowest BCUT2D eigenvalue weighted by Crippen LogP contribution is -2.26. The number of nitrogens with one attached hydrogen (secondary N) is 1. The van der Waals surface area contributed by atoms with Crippen molar-refractivity contribution in [2.75, 3.05) is 20.3 Å². The molecule has 0 aliphatic carbocycles. The molecule has 1 fully saturated rings. The predicted octanol–water partition coefficient (Wildman–Crippen LogP) is 2.96. The third kappa shape index (κ3) is 2.47. The predicted molar refractivity (Wildman–Crippen MR) is 76.0 cm³/mol. The normalized spacial score (nSPS) is 27.1. The molecule has 0 amide bonds. The standard InChI is InChI=1S/C15H20ClNO2/c1-9-5-11(8-19-9)14(17-2)13-7-12(16)6-10-3-4-18-15(10)13/h6-7,9,11,14,17H,3-5,8H2,1-2H3. The fourth-order valence-corrected chi connectivity index (χ4v) is 3.51. The van der Waals surface area contributed by atoms with Gasteiger partial charge in [0.05, 0.1) is 19.3 Å². The lowest BCUT2D eigenvalue weighted by atomic mass is 9.89. The van der Waals surface area contributed by atoms with Crippen molar-refractivity contribution in [3.05, 3.63) is 28.3 Å². The molecule has 1 aromatic rings. The Morgan fingerprint density at radius 2 is 2.26 bits per heavy atom. The largest absolute Gasteiger partial charge is 0.493 e. The molecule has 4 heteroatoms. The van der Waals surface area contributed by atoms with Crippen LogP contribution >= 0.6 is 11.6 Å². The van der Waals surface area contributed by atoms with Crippen LogP contribution in [0.1, 0.15) is 30.5 Å². The molecule has 0 saturated carbocycles. The molecule has 1 aromatic carbocycles. The van der Waals surface area contributed by atoms with Gasteiger partial charge in [-0.2, -0.15) is 0 Å². The maximum Gasteiger partial charge on any atom is 0.127 e. The van der Waals surface area contributed by atoms with E-state index in [2.05, 4.69) is 12.2 Å². The van der Waals surface area contributed by atoms with E-state index in [1.54, 1.807) is 0 Å². The first-order valence-electron chi connectivity index (χ1n) is 6.93. The average molecular weight is 282 g/mol. The fraction of sp³-hybridized carbons (Fsp3) is 0.600. The molecule has 2 aliphatic heterocycles. The van der Waals surface area contributed by atoms with Gasteiger partial charge in [0.25, 0.3) is 0 Å². The molecule has 3 nitrogen and oxygen atoms in total. The van der Waals surface area contributed by atoms with Crippen LogP contribution in [0.25, 0.3) is 0 Å². The van der Waals surface area contributed by atoms with E-state index in [1.807, 2.05) is 19.2 Å². The first-order chi connectivity index (χ1) is 9.19. The van der Waals surface area contributed by atoms with E-state index in [-0.39, 0.29) is 6.04 Å². The first kappa shape index (κ1) is 13.2. The van der Waals surface area contributed by atoms with E-state index in [4.69, 9.17) is 21.1 Å². The van der Waals surface area contributed by atoms with Crippen molar-refractivity contribution < 1.29 is 9.47 Å². The molecule has 3 atom stereocenters. The van der Waals surface area contributed by atoms with Gasteiger partial charge in [0.15, 0.2) is 0 Å². The summed E-state index contributed by atoms with van der Waals surface area (Å²) in [6.07, 6.45) is 2.37. The van der Waals surface area contributed by atoms with Gasteiger partial charge < -0.3 is 14.8 Å². The van der Waals surface area contributed by atoms with Crippen LogP contribution in [0.3, 0.4) is 0 Å². The van der Waals surface area contributed by atoms with E-state index < -0.39 is 0 Å². The van der Waals surface area contributed by atoms with Crippen molar-refractivity contribution in [2.45, 2.75) is 31.9 Å². The van der Waals surface area contributed by atoms with E-state index in [9.17, 15) is 0 Å². The van der Waals surface area contributed by atoms with Crippen molar-refractivity contribution in [1.82, 2.24) is 5.32 Å². The van der Waals surface area contributed by atoms with Crippen LogP contribution in [-0.4, -0.2) is 26.4 Å². The lowest BCUT2D eigenvalue weighted by Gasteiger charge is -2.24. The lowest BCUT2D eigenvalue weighted by molar-refractivity contribution is 0.117. The monoisotopic (exact) mass is 281 g/mol. The average Bonchev–Trinajstić information content (AvgIpc) is 2.99. The number of ether oxygens (including phenoxy) is 2. The summed E-state index contributed by atoms with van der Waals surface area (Å²) < 4.78 is 11.5. The molecular formula is C15H20ClNO2.